The van der Waals surface area contributed by atoms with Gasteiger partial charge in [0.15, 0.2) is 0 Å². The van der Waals surface area contributed by atoms with Crippen molar-refractivity contribution in [3.63, 3.8) is 0 Å². The third-order valence-corrected chi connectivity index (χ3v) is 7.75. The van der Waals surface area contributed by atoms with Crippen LogP contribution in [0.1, 0.15) is 24.0 Å². The van der Waals surface area contributed by atoms with Gasteiger partial charge in [-0.2, -0.15) is 0 Å². The van der Waals surface area contributed by atoms with Crippen LogP contribution in [0, 0.1) is 5.82 Å². The molecule has 0 aromatic heterocycles. The second-order valence-electron chi connectivity index (χ2n) is 7.73. The first-order valence-electron chi connectivity index (χ1n) is 10.1. The van der Waals surface area contributed by atoms with Gasteiger partial charge in [0.05, 0.1) is 16.9 Å². The molecule has 0 bridgehead atoms. The van der Waals surface area contributed by atoms with Crippen molar-refractivity contribution in [2.75, 3.05) is 36.4 Å². The molecule has 4 rings (SSSR count). The fraction of sp³-hybridized carbons (Fsp3) is 0.409. The molecular formula is C22H25FN2O4S. The van der Waals surface area contributed by atoms with Gasteiger partial charge in [-0.05, 0) is 48.6 Å². The quantitative estimate of drug-likeness (QED) is 0.761. The molecule has 1 saturated heterocycles. The van der Waals surface area contributed by atoms with Crippen molar-refractivity contribution in [3.8, 4) is 0 Å². The lowest BCUT2D eigenvalue weighted by Crippen LogP contribution is -2.49. The second-order valence-corrected chi connectivity index (χ2v) is 9.74. The Kier molecular flexibility index (Phi) is 5.79. The molecule has 160 valence electrons. The van der Waals surface area contributed by atoms with E-state index < -0.39 is 21.3 Å². The lowest BCUT2D eigenvalue weighted by molar-refractivity contribution is -0.130. The Morgan fingerprint density at radius 2 is 1.90 bits per heavy atom. The molecule has 0 spiro atoms. The predicted molar refractivity (Wildman–Crippen MR) is 112 cm³/mol. The molecule has 0 unspecified atom stereocenters. The van der Waals surface area contributed by atoms with Crippen LogP contribution in [0.5, 0.6) is 0 Å². The van der Waals surface area contributed by atoms with E-state index in [0.29, 0.717) is 50.3 Å². The van der Waals surface area contributed by atoms with E-state index in [2.05, 4.69) is 5.32 Å². The zero-order valence-corrected chi connectivity index (χ0v) is 17.5. The Bertz CT molecular complexity index is 1030. The van der Waals surface area contributed by atoms with Gasteiger partial charge in [-0.15, -0.1) is 0 Å². The van der Waals surface area contributed by atoms with E-state index in [1.807, 2.05) is 18.2 Å². The zero-order chi connectivity index (χ0) is 21.2. The molecule has 1 amide bonds. The number of halogens is 1. The molecule has 2 aromatic carbocycles. The third kappa shape index (κ3) is 3.94. The number of fused-ring (bicyclic) bond motifs is 1. The van der Waals surface area contributed by atoms with Crippen LogP contribution in [0.2, 0.25) is 0 Å². The van der Waals surface area contributed by atoms with Crippen molar-refractivity contribution < 1.29 is 22.3 Å². The van der Waals surface area contributed by atoms with Crippen LogP contribution in [-0.2, 0) is 31.4 Å². The van der Waals surface area contributed by atoms with Crippen LogP contribution in [0.25, 0.3) is 0 Å². The highest BCUT2D eigenvalue weighted by Gasteiger charge is 2.42. The van der Waals surface area contributed by atoms with Gasteiger partial charge in [0.25, 0.3) is 0 Å². The first-order valence-corrected chi connectivity index (χ1v) is 11.7. The second kappa shape index (κ2) is 8.35. The number of nitrogens with zero attached hydrogens (tertiary/aromatic N) is 1. The summed E-state index contributed by atoms with van der Waals surface area (Å²) in [5.74, 6) is -0.877. The van der Waals surface area contributed by atoms with Crippen LogP contribution in [0.3, 0.4) is 0 Å². The molecular weight excluding hydrogens is 407 g/mol. The van der Waals surface area contributed by atoms with E-state index in [1.54, 1.807) is 18.2 Å². The topological polar surface area (TPSA) is 75.7 Å². The van der Waals surface area contributed by atoms with Gasteiger partial charge in [0, 0.05) is 26.3 Å². The van der Waals surface area contributed by atoms with E-state index in [-0.39, 0.29) is 18.2 Å². The predicted octanol–water partition coefficient (Wildman–Crippen LogP) is 2.38. The lowest BCUT2D eigenvalue weighted by Gasteiger charge is -2.36. The molecule has 0 radical (unpaired) electrons. The van der Waals surface area contributed by atoms with Crippen LogP contribution >= 0.6 is 0 Å². The first-order chi connectivity index (χ1) is 14.4. The number of anilines is 1. The van der Waals surface area contributed by atoms with Crippen LogP contribution < -0.4 is 9.62 Å². The summed E-state index contributed by atoms with van der Waals surface area (Å²) in [6, 6.07) is 13.5. The van der Waals surface area contributed by atoms with E-state index >= 15 is 0 Å². The third-order valence-electron chi connectivity index (χ3n) is 5.98. The maximum Gasteiger partial charge on any atom is 0.236 e. The van der Waals surface area contributed by atoms with Gasteiger partial charge in [-0.25, -0.2) is 12.8 Å². The van der Waals surface area contributed by atoms with Crippen molar-refractivity contribution in [1.82, 2.24) is 5.32 Å². The number of carbonyl (C=O) groups excluding carboxylic acids is 1. The van der Waals surface area contributed by atoms with Crippen LogP contribution in [0.4, 0.5) is 10.1 Å². The normalized spacial score (nSPS) is 18.1. The molecule has 1 fully saturated rings. The maximum atomic E-state index is 13.8. The fourth-order valence-electron chi connectivity index (χ4n) is 4.32. The molecule has 2 aliphatic heterocycles. The lowest BCUT2D eigenvalue weighted by atomic mass is 9.73. The van der Waals surface area contributed by atoms with Crippen LogP contribution in [0.15, 0.2) is 48.5 Å². The molecule has 2 aliphatic rings. The zero-order valence-electron chi connectivity index (χ0n) is 16.6. The monoisotopic (exact) mass is 432 g/mol. The summed E-state index contributed by atoms with van der Waals surface area (Å²) in [5.41, 5.74) is 1.41. The first kappa shape index (κ1) is 20.8. The number of para-hydroxylation sites is 1. The average Bonchev–Trinajstić information content (AvgIpc) is 3.19. The van der Waals surface area contributed by atoms with Gasteiger partial charge in [-0.3, -0.25) is 9.10 Å². The number of sulfonamides is 1. The summed E-state index contributed by atoms with van der Waals surface area (Å²) in [6.45, 7) is 1.21. The molecule has 30 heavy (non-hydrogen) atoms. The number of benzene rings is 2. The SMILES string of the molecule is O=C(NCCS(=O)(=O)N1CCc2ccccc21)C1(c2cccc(F)c2)CCOCC1. The summed E-state index contributed by atoms with van der Waals surface area (Å²) in [7, 11) is -3.56. The van der Waals surface area contributed by atoms with Gasteiger partial charge >= 0.3 is 0 Å². The Morgan fingerprint density at radius 1 is 1.13 bits per heavy atom. The summed E-state index contributed by atoms with van der Waals surface area (Å²) in [5, 5.41) is 2.79. The summed E-state index contributed by atoms with van der Waals surface area (Å²) in [6.07, 6.45) is 1.54. The van der Waals surface area contributed by atoms with Crippen molar-refractivity contribution in [2.24, 2.45) is 0 Å². The highest BCUT2D eigenvalue weighted by atomic mass is 32.2. The number of carbonyl (C=O) groups is 1. The molecule has 2 heterocycles. The molecule has 8 heteroatoms. The molecule has 0 aliphatic carbocycles. The number of ether oxygens (including phenoxy) is 1. The minimum Gasteiger partial charge on any atom is -0.381 e. The van der Waals surface area contributed by atoms with Gasteiger partial charge in [0.1, 0.15) is 5.82 Å². The highest BCUT2D eigenvalue weighted by molar-refractivity contribution is 7.92. The standard InChI is InChI=1S/C22H25FN2O4S/c23-19-6-3-5-18(16-19)22(9-13-29-14-10-22)21(26)24-11-15-30(27,28)25-12-8-17-4-1-2-7-20(17)25/h1-7,16H,8-15H2,(H,24,26). The largest absolute Gasteiger partial charge is 0.381 e. The minimum atomic E-state index is -3.56. The highest BCUT2D eigenvalue weighted by Crippen LogP contribution is 2.35. The number of rotatable bonds is 6. The molecule has 2 aromatic rings. The van der Waals surface area contributed by atoms with Crippen LogP contribution in [-0.4, -0.2) is 46.4 Å². The van der Waals surface area contributed by atoms with E-state index in [0.717, 1.165) is 5.56 Å². The number of nitrogens with one attached hydrogen (secondary N) is 1. The summed E-state index contributed by atoms with van der Waals surface area (Å²) < 4.78 is 46.3. The van der Waals surface area contributed by atoms with Crippen molar-refractivity contribution >= 4 is 21.6 Å². The maximum absolute atomic E-state index is 13.8. The van der Waals surface area contributed by atoms with Gasteiger partial charge in [0.2, 0.25) is 15.9 Å². The molecule has 0 saturated carbocycles. The fourth-order valence-corrected chi connectivity index (χ4v) is 5.75. The van der Waals surface area contributed by atoms with E-state index in [1.165, 1.54) is 16.4 Å². The molecule has 0 atom stereocenters. The van der Waals surface area contributed by atoms with Crippen molar-refractivity contribution in [2.45, 2.75) is 24.7 Å². The Hall–Kier alpha value is -2.45. The van der Waals surface area contributed by atoms with Gasteiger partial charge in [-0.1, -0.05) is 30.3 Å². The smallest absolute Gasteiger partial charge is 0.236 e. The van der Waals surface area contributed by atoms with E-state index in [4.69, 9.17) is 4.74 Å². The van der Waals surface area contributed by atoms with Crippen molar-refractivity contribution in [3.05, 3.63) is 65.5 Å². The van der Waals surface area contributed by atoms with Gasteiger partial charge < -0.3 is 10.1 Å². The Labute approximate surface area is 176 Å². The number of hydrogen-bond acceptors (Lipinski definition) is 4. The average molecular weight is 433 g/mol. The Balaban J connectivity index is 1.45. The van der Waals surface area contributed by atoms with Crippen molar-refractivity contribution in [1.29, 1.82) is 0 Å². The van der Waals surface area contributed by atoms with E-state index in [9.17, 15) is 17.6 Å². The molecule has 6 nitrogen and oxygen atoms in total. The molecule has 1 N–H and O–H groups in total. The summed E-state index contributed by atoms with van der Waals surface area (Å²) in [4.78, 5) is 13.1. The minimum absolute atomic E-state index is 0.00223. The summed E-state index contributed by atoms with van der Waals surface area (Å²) >= 11 is 0. The number of amides is 1. The number of hydrogen-bond donors (Lipinski definition) is 1. The Morgan fingerprint density at radius 3 is 2.67 bits per heavy atom.